The summed E-state index contributed by atoms with van der Waals surface area (Å²) in [6.45, 7) is 9.99. The lowest BCUT2D eigenvalue weighted by Crippen LogP contribution is -2.43. The molecule has 75 heavy (non-hydrogen) atoms. The Morgan fingerprint density at radius 1 is 0.813 bits per heavy atom. The van der Waals surface area contributed by atoms with Gasteiger partial charge in [-0.25, -0.2) is 4.98 Å². The van der Waals surface area contributed by atoms with Crippen molar-refractivity contribution in [3.05, 3.63) is 135 Å². The predicted octanol–water partition coefficient (Wildman–Crippen LogP) is 8.33. The minimum atomic E-state index is -0.466. The molecule has 1 aliphatic rings. The van der Waals surface area contributed by atoms with Gasteiger partial charge in [0.2, 0.25) is 5.91 Å². The van der Waals surface area contributed by atoms with E-state index >= 15 is 0 Å². The summed E-state index contributed by atoms with van der Waals surface area (Å²) >= 11 is 7.47. The molecule has 398 valence electrons. The summed E-state index contributed by atoms with van der Waals surface area (Å²) in [5.41, 5.74) is 6.18. The van der Waals surface area contributed by atoms with Crippen molar-refractivity contribution in [2.45, 2.75) is 58.2 Å². The van der Waals surface area contributed by atoms with Gasteiger partial charge < -0.3 is 54.6 Å². The molecule has 0 radical (unpaired) electrons. The summed E-state index contributed by atoms with van der Waals surface area (Å²) in [6.07, 6.45) is 5.32. The Morgan fingerprint density at radius 3 is 2.01 bits per heavy atom. The molecule has 17 nitrogen and oxygen atoms in total. The molecule has 5 aromatic rings. The zero-order valence-corrected chi connectivity index (χ0v) is 44.2. The Hall–Kier alpha value is -6.69. The van der Waals surface area contributed by atoms with Gasteiger partial charge in [-0.2, -0.15) is 5.26 Å². The molecule has 0 bridgehead atoms. The highest BCUT2D eigenvalue weighted by Crippen LogP contribution is 2.41. The predicted molar refractivity (Wildman–Crippen MR) is 290 cm³/mol. The van der Waals surface area contributed by atoms with E-state index < -0.39 is 5.91 Å². The number of fused-ring (bicyclic) bond motifs is 1. The Kier molecular flexibility index (Phi) is 24.0. The number of nitriles is 1. The van der Waals surface area contributed by atoms with Crippen molar-refractivity contribution in [1.82, 2.24) is 20.9 Å². The number of rotatable bonds is 31. The Bertz CT molecular complexity index is 2650. The average molecular weight is 1060 g/mol. The lowest BCUT2D eigenvalue weighted by molar-refractivity contribution is -0.123. The number of nitrogens with zero attached hydrogens (tertiary/aromatic N) is 3. The molecule has 0 saturated heterocycles. The second kappa shape index (κ2) is 31.3. The number of carbonyl (C=O) groups is 4. The number of anilines is 2. The molecular formula is C56H66ClN7O10S. The Morgan fingerprint density at radius 2 is 1.43 bits per heavy atom. The fourth-order valence-corrected chi connectivity index (χ4v) is 8.92. The molecule has 1 unspecified atom stereocenters. The van der Waals surface area contributed by atoms with Crippen LogP contribution in [0.5, 0.6) is 5.75 Å². The van der Waals surface area contributed by atoms with E-state index in [-0.39, 0.29) is 48.0 Å². The monoisotopic (exact) mass is 1060 g/mol. The molecule has 0 spiro atoms. The van der Waals surface area contributed by atoms with Gasteiger partial charge in [-0.05, 0) is 109 Å². The van der Waals surface area contributed by atoms with Crippen LogP contribution >= 0.6 is 22.9 Å². The lowest BCUT2D eigenvalue weighted by Gasteiger charge is -2.39. The Balaban J connectivity index is 0.738. The quantitative estimate of drug-likeness (QED) is 0.0187. The van der Waals surface area contributed by atoms with Gasteiger partial charge in [-0.3, -0.25) is 19.2 Å². The molecular weight excluding hydrogens is 998 g/mol. The normalized spacial score (nSPS) is 14.5. The largest absolute Gasteiger partial charge is 0.484 e. The maximum Gasteiger partial charge on any atom is 0.262 e. The summed E-state index contributed by atoms with van der Waals surface area (Å²) < 4.78 is 33.4. The Labute approximate surface area is 447 Å². The smallest absolute Gasteiger partial charge is 0.262 e. The maximum atomic E-state index is 12.9. The van der Waals surface area contributed by atoms with Crippen molar-refractivity contribution in [3.63, 3.8) is 0 Å². The number of amides is 4. The van der Waals surface area contributed by atoms with Crippen molar-refractivity contribution in [1.29, 1.82) is 5.26 Å². The summed E-state index contributed by atoms with van der Waals surface area (Å²) in [7, 11) is 0. The van der Waals surface area contributed by atoms with Crippen LogP contribution < -0.4 is 30.9 Å². The molecule has 1 aliphatic heterocycles. The third-order valence-electron chi connectivity index (χ3n) is 11.9. The highest BCUT2D eigenvalue weighted by molar-refractivity contribution is 7.10. The van der Waals surface area contributed by atoms with E-state index in [2.05, 4.69) is 39.2 Å². The van der Waals surface area contributed by atoms with Gasteiger partial charge in [-0.15, -0.1) is 11.3 Å². The minimum Gasteiger partial charge on any atom is -0.484 e. The molecule has 4 amide bonds. The molecule has 0 aliphatic carbocycles. The molecule has 19 heteroatoms. The standard InChI is InChI=1S/C56H66ClN7O10S/c1-4-5-50(63-56(68)45(37-58)36-54-60-22-33-75-54)42-10-17-48(18-11-42)74-38-53(66)59-20-23-69-25-27-71-29-31-73-32-30-72-28-26-70-24-21-61-55(67)43-8-6-41(7-9-43)44-12-19-52-49(35-44)51(34-39(2)64(52)40(3)65)62-47-15-13-46(57)14-16-47/h6-19,22,33,35-36,39,50-51,62H,4-5,20-21,23-32,34,38H2,1-3H3,(H,59,66)(H,61,67)(H,63,68)/b45-36+/t39-,50?,51+/m0/s1. The lowest BCUT2D eigenvalue weighted by atomic mass is 9.88. The van der Waals surface area contributed by atoms with Crippen molar-refractivity contribution in [2.75, 3.05) is 96.0 Å². The fourth-order valence-electron chi connectivity index (χ4n) is 8.23. The van der Waals surface area contributed by atoms with Crippen LogP contribution in [0.1, 0.15) is 78.6 Å². The third kappa shape index (κ3) is 18.9. The highest BCUT2D eigenvalue weighted by Gasteiger charge is 2.33. The molecule has 0 fully saturated rings. The van der Waals surface area contributed by atoms with Crippen LogP contribution in [-0.4, -0.2) is 120 Å². The zero-order valence-electron chi connectivity index (χ0n) is 42.6. The van der Waals surface area contributed by atoms with Gasteiger partial charge >= 0.3 is 0 Å². The molecule has 1 aromatic heterocycles. The van der Waals surface area contributed by atoms with Crippen LogP contribution in [0.3, 0.4) is 0 Å². The number of aromatic nitrogens is 1. The van der Waals surface area contributed by atoms with E-state index in [1.165, 1.54) is 17.4 Å². The van der Waals surface area contributed by atoms with Gasteiger partial charge in [0, 0.05) is 59.6 Å². The van der Waals surface area contributed by atoms with E-state index in [9.17, 15) is 24.4 Å². The van der Waals surface area contributed by atoms with E-state index in [1.54, 1.807) is 42.8 Å². The molecule has 0 saturated carbocycles. The van der Waals surface area contributed by atoms with Crippen molar-refractivity contribution < 1.29 is 47.6 Å². The number of nitrogens with one attached hydrogen (secondary N) is 4. The second-order valence-electron chi connectivity index (χ2n) is 17.4. The van der Waals surface area contributed by atoms with E-state index in [4.69, 9.17) is 40.0 Å². The van der Waals surface area contributed by atoms with Crippen LogP contribution in [0, 0.1) is 11.3 Å². The third-order valence-corrected chi connectivity index (χ3v) is 12.9. The minimum absolute atomic E-state index is 0.00122. The first kappa shape index (κ1) is 57.6. The number of thiazole rings is 1. The summed E-state index contributed by atoms with van der Waals surface area (Å²) in [6, 6.07) is 30.0. The SMILES string of the molecule is CCCC(NC(=O)/C(C#N)=C/c1nccs1)c1ccc(OCC(=O)NCCOCCOCCOCCOCCOCCNC(=O)c2ccc(-c3ccc4c(c3)[C@H](Nc3ccc(Cl)cc3)C[C@H](C)N4C(C)=O)cc2)cc1. The summed E-state index contributed by atoms with van der Waals surface area (Å²) in [5, 5.41) is 24.8. The molecule has 3 atom stereocenters. The molecule has 4 aromatic carbocycles. The zero-order chi connectivity index (χ0) is 53.2. The fraction of sp³-hybridized carbons (Fsp3) is 0.393. The topological polar surface area (TPSA) is 212 Å². The first-order valence-electron chi connectivity index (χ1n) is 25.1. The number of halogens is 1. The summed E-state index contributed by atoms with van der Waals surface area (Å²) in [5.74, 6) is -0.441. The van der Waals surface area contributed by atoms with Gasteiger partial charge in [0.15, 0.2) is 6.61 Å². The molecule has 6 rings (SSSR count). The van der Waals surface area contributed by atoms with Crippen molar-refractivity contribution >= 4 is 64.0 Å². The highest BCUT2D eigenvalue weighted by atomic mass is 35.5. The van der Waals surface area contributed by atoms with E-state index in [0.717, 1.165) is 46.5 Å². The van der Waals surface area contributed by atoms with Gasteiger partial charge in [-0.1, -0.05) is 55.3 Å². The number of benzene rings is 4. The number of hydrogen-bond acceptors (Lipinski definition) is 14. The van der Waals surface area contributed by atoms with Crippen LogP contribution in [0.25, 0.3) is 17.2 Å². The number of ether oxygens (including phenoxy) is 6. The van der Waals surface area contributed by atoms with Gasteiger partial charge in [0.1, 0.15) is 22.4 Å². The first-order valence-corrected chi connectivity index (χ1v) is 26.3. The van der Waals surface area contributed by atoms with Crippen LogP contribution in [0.15, 0.2) is 108 Å². The summed E-state index contributed by atoms with van der Waals surface area (Å²) in [4.78, 5) is 56.7. The van der Waals surface area contributed by atoms with Gasteiger partial charge in [0.25, 0.3) is 17.7 Å². The van der Waals surface area contributed by atoms with Crippen molar-refractivity contribution in [2.24, 2.45) is 0 Å². The number of hydrogen-bond donors (Lipinski definition) is 4. The first-order chi connectivity index (χ1) is 36.5. The average Bonchev–Trinajstić information content (AvgIpc) is 3.94. The van der Waals surface area contributed by atoms with Crippen LogP contribution in [0.4, 0.5) is 11.4 Å². The van der Waals surface area contributed by atoms with Crippen molar-refractivity contribution in [3.8, 4) is 22.9 Å². The molecule has 2 heterocycles. The number of carbonyl (C=O) groups excluding carboxylic acids is 4. The molecule has 4 N–H and O–H groups in total. The van der Waals surface area contributed by atoms with E-state index in [0.29, 0.717) is 107 Å². The second-order valence-corrected chi connectivity index (χ2v) is 18.8. The maximum absolute atomic E-state index is 12.9. The van der Waals surface area contributed by atoms with Crippen LogP contribution in [0.2, 0.25) is 5.02 Å². The van der Waals surface area contributed by atoms with Crippen LogP contribution in [-0.2, 0) is 38.1 Å². The van der Waals surface area contributed by atoms with E-state index in [1.807, 2.05) is 78.6 Å². The van der Waals surface area contributed by atoms with Gasteiger partial charge in [0.05, 0.1) is 78.2 Å².